The second-order valence-electron chi connectivity index (χ2n) is 8.01. The van der Waals surface area contributed by atoms with Crippen molar-refractivity contribution in [2.24, 2.45) is 16.8 Å². The van der Waals surface area contributed by atoms with Gasteiger partial charge in [-0.25, -0.2) is 0 Å². The lowest BCUT2D eigenvalue weighted by Crippen LogP contribution is -2.40. The normalized spacial score (nSPS) is 21.2. The zero-order chi connectivity index (χ0) is 19.4. The van der Waals surface area contributed by atoms with Crippen LogP contribution in [0.2, 0.25) is 0 Å². The van der Waals surface area contributed by atoms with E-state index in [1.54, 1.807) is 0 Å². The van der Waals surface area contributed by atoms with Crippen LogP contribution in [0, 0.1) is 11.8 Å². The predicted molar refractivity (Wildman–Crippen MR) is 115 cm³/mol. The molecule has 2 fully saturated rings. The Bertz CT molecular complexity index is 572. The summed E-state index contributed by atoms with van der Waals surface area (Å²) < 4.78 is 11.3. The molecule has 1 atom stereocenters. The van der Waals surface area contributed by atoms with E-state index in [0.29, 0.717) is 11.8 Å². The monoisotopic (exact) mass is 387 g/mol. The van der Waals surface area contributed by atoms with Crippen LogP contribution in [0.25, 0.3) is 0 Å². The SMILES string of the molecule is CCNC(=NCCCOCC1CCOCC1)N1CCC(Cc2ccccc2)C1. The van der Waals surface area contributed by atoms with Gasteiger partial charge in [-0.1, -0.05) is 30.3 Å². The maximum Gasteiger partial charge on any atom is 0.193 e. The molecule has 5 heteroatoms. The van der Waals surface area contributed by atoms with E-state index in [2.05, 4.69) is 47.5 Å². The van der Waals surface area contributed by atoms with E-state index in [1.165, 1.54) is 12.0 Å². The number of nitrogens with one attached hydrogen (secondary N) is 1. The van der Waals surface area contributed by atoms with Crippen molar-refractivity contribution in [1.82, 2.24) is 10.2 Å². The van der Waals surface area contributed by atoms with Crippen LogP contribution in [-0.4, -0.2) is 63.5 Å². The van der Waals surface area contributed by atoms with Crippen molar-refractivity contribution in [3.05, 3.63) is 35.9 Å². The highest BCUT2D eigenvalue weighted by Gasteiger charge is 2.24. The summed E-state index contributed by atoms with van der Waals surface area (Å²) in [6.07, 6.45) is 5.67. The van der Waals surface area contributed by atoms with E-state index < -0.39 is 0 Å². The number of hydrogen-bond acceptors (Lipinski definition) is 3. The van der Waals surface area contributed by atoms with Gasteiger partial charge in [-0.15, -0.1) is 0 Å². The van der Waals surface area contributed by atoms with Gasteiger partial charge in [0.2, 0.25) is 0 Å². The topological polar surface area (TPSA) is 46.1 Å². The zero-order valence-electron chi connectivity index (χ0n) is 17.4. The summed E-state index contributed by atoms with van der Waals surface area (Å²) in [6.45, 7) is 9.55. The molecule has 2 aliphatic rings. The lowest BCUT2D eigenvalue weighted by atomic mass is 9.99. The minimum absolute atomic E-state index is 0.681. The summed E-state index contributed by atoms with van der Waals surface area (Å²) in [7, 11) is 0. The number of benzene rings is 1. The lowest BCUT2D eigenvalue weighted by molar-refractivity contribution is 0.0205. The van der Waals surface area contributed by atoms with Gasteiger partial charge in [0.05, 0.1) is 0 Å². The van der Waals surface area contributed by atoms with Crippen molar-refractivity contribution < 1.29 is 9.47 Å². The van der Waals surface area contributed by atoms with Crippen LogP contribution in [0.4, 0.5) is 0 Å². The number of rotatable bonds is 9. The highest BCUT2D eigenvalue weighted by Crippen LogP contribution is 2.21. The van der Waals surface area contributed by atoms with Gasteiger partial charge in [0.1, 0.15) is 0 Å². The van der Waals surface area contributed by atoms with Crippen LogP contribution in [-0.2, 0) is 15.9 Å². The van der Waals surface area contributed by atoms with Crippen LogP contribution in [0.15, 0.2) is 35.3 Å². The Balaban J connectivity index is 1.36. The van der Waals surface area contributed by atoms with E-state index in [0.717, 1.165) is 84.2 Å². The smallest absolute Gasteiger partial charge is 0.193 e. The van der Waals surface area contributed by atoms with Crippen molar-refractivity contribution in [1.29, 1.82) is 0 Å². The molecule has 0 radical (unpaired) electrons. The fourth-order valence-corrected chi connectivity index (χ4v) is 4.08. The molecular weight excluding hydrogens is 350 g/mol. The Morgan fingerprint density at radius 2 is 2.00 bits per heavy atom. The van der Waals surface area contributed by atoms with Gasteiger partial charge in [0.15, 0.2) is 5.96 Å². The average Bonchev–Trinajstić information content (AvgIpc) is 3.19. The Hall–Kier alpha value is -1.59. The summed E-state index contributed by atoms with van der Waals surface area (Å²) in [5.41, 5.74) is 1.44. The number of hydrogen-bond donors (Lipinski definition) is 1. The fourth-order valence-electron chi connectivity index (χ4n) is 4.08. The van der Waals surface area contributed by atoms with Crippen LogP contribution in [0.3, 0.4) is 0 Å². The number of nitrogens with zero attached hydrogens (tertiary/aromatic N) is 2. The van der Waals surface area contributed by atoms with E-state index in [9.17, 15) is 0 Å². The van der Waals surface area contributed by atoms with Crippen LogP contribution >= 0.6 is 0 Å². The van der Waals surface area contributed by atoms with Gasteiger partial charge in [0, 0.05) is 52.6 Å². The Labute approximate surface area is 170 Å². The molecule has 0 bridgehead atoms. The first kappa shape index (κ1) is 21.1. The van der Waals surface area contributed by atoms with Crippen LogP contribution in [0.1, 0.15) is 38.2 Å². The molecule has 0 aliphatic carbocycles. The predicted octanol–water partition coefficient (Wildman–Crippen LogP) is 3.35. The third kappa shape index (κ3) is 7.10. The molecule has 3 rings (SSSR count). The number of ether oxygens (including phenoxy) is 2. The van der Waals surface area contributed by atoms with E-state index in [4.69, 9.17) is 14.5 Å². The van der Waals surface area contributed by atoms with Gasteiger partial charge in [-0.3, -0.25) is 4.99 Å². The second-order valence-corrected chi connectivity index (χ2v) is 8.01. The molecule has 0 aromatic heterocycles. The minimum Gasteiger partial charge on any atom is -0.381 e. The molecule has 0 saturated carbocycles. The van der Waals surface area contributed by atoms with E-state index in [1.807, 2.05) is 0 Å². The van der Waals surface area contributed by atoms with Crippen molar-refractivity contribution in [3.8, 4) is 0 Å². The molecule has 2 heterocycles. The quantitative estimate of drug-likeness (QED) is 0.401. The molecule has 2 aliphatic heterocycles. The third-order valence-corrected chi connectivity index (χ3v) is 5.69. The first-order valence-corrected chi connectivity index (χ1v) is 11.1. The second kappa shape index (κ2) is 12.1. The molecule has 28 heavy (non-hydrogen) atoms. The van der Waals surface area contributed by atoms with Crippen LogP contribution in [0.5, 0.6) is 0 Å². The fraction of sp³-hybridized carbons (Fsp3) is 0.696. The van der Waals surface area contributed by atoms with Gasteiger partial charge in [0.25, 0.3) is 0 Å². The molecule has 1 aromatic rings. The lowest BCUT2D eigenvalue weighted by Gasteiger charge is -2.22. The largest absolute Gasteiger partial charge is 0.381 e. The molecule has 1 aromatic carbocycles. The summed E-state index contributed by atoms with van der Waals surface area (Å²) in [5.74, 6) is 2.47. The molecule has 1 unspecified atom stereocenters. The highest BCUT2D eigenvalue weighted by atomic mass is 16.5. The molecule has 0 spiro atoms. The molecule has 2 saturated heterocycles. The summed E-state index contributed by atoms with van der Waals surface area (Å²) in [6, 6.07) is 10.8. The zero-order valence-corrected chi connectivity index (χ0v) is 17.4. The Kier molecular flexibility index (Phi) is 9.11. The summed E-state index contributed by atoms with van der Waals surface area (Å²) >= 11 is 0. The van der Waals surface area contributed by atoms with Gasteiger partial charge in [-0.05, 0) is 56.4 Å². The first-order chi connectivity index (χ1) is 13.8. The molecule has 156 valence electrons. The summed E-state index contributed by atoms with van der Waals surface area (Å²) in [5, 5.41) is 3.47. The minimum atomic E-state index is 0.681. The van der Waals surface area contributed by atoms with Crippen molar-refractivity contribution in [2.45, 2.75) is 39.0 Å². The number of likely N-dealkylation sites (tertiary alicyclic amines) is 1. The van der Waals surface area contributed by atoms with Crippen LogP contribution < -0.4 is 5.32 Å². The maximum absolute atomic E-state index is 5.87. The van der Waals surface area contributed by atoms with Crippen molar-refractivity contribution in [3.63, 3.8) is 0 Å². The molecule has 0 amide bonds. The van der Waals surface area contributed by atoms with Crippen molar-refractivity contribution in [2.75, 3.05) is 52.6 Å². The number of guanidine groups is 1. The molecule has 5 nitrogen and oxygen atoms in total. The highest BCUT2D eigenvalue weighted by molar-refractivity contribution is 5.80. The Morgan fingerprint density at radius 1 is 1.18 bits per heavy atom. The maximum atomic E-state index is 5.87. The number of aliphatic imine (C=N–C) groups is 1. The van der Waals surface area contributed by atoms with Gasteiger partial charge >= 0.3 is 0 Å². The van der Waals surface area contributed by atoms with E-state index >= 15 is 0 Å². The van der Waals surface area contributed by atoms with Gasteiger partial charge < -0.3 is 19.7 Å². The molecular formula is C23H37N3O2. The third-order valence-electron chi connectivity index (χ3n) is 5.69. The first-order valence-electron chi connectivity index (χ1n) is 11.1. The van der Waals surface area contributed by atoms with E-state index in [-0.39, 0.29) is 0 Å². The van der Waals surface area contributed by atoms with Gasteiger partial charge in [-0.2, -0.15) is 0 Å². The summed E-state index contributed by atoms with van der Waals surface area (Å²) in [4.78, 5) is 7.28. The van der Waals surface area contributed by atoms with Crippen molar-refractivity contribution >= 4 is 5.96 Å². The standard InChI is InChI=1S/C23H37N3O2/c1-2-24-23(25-12-6-14-28-19-21-10-15-27-16-11-21)26-13-9-22(18-26)17-20-7-4-3-5-8-20/h3-5,7-8,21-22H,2,6,9-19H2,1H3,(H,24,25). The average molecular weight is 388 g/mol. The Morgan fingerprint density at radius 3 is 2.79 bits per heavy atom. The molecule has 1 N–H and O–H groups in total.